The third-order valence-corrected chi connectivity index (χ3v) is 5.02. The van der Waals surface area contributed by atoms with E-state index < -0.39 is 0 Å². The van der Waals surface area contributed by atoms with E-state index in [-0.39, 0.29) is 5.91 Å². The molecule has 19 heavy (non-hydrogen) atoms. The van der Waals surface area contributed by atoms with Crippen molar-refractivity contribution in [1.82, 2.24) is 10.2 Å². The predicted octanol–water partition coefficient (Wildman–Crippen LogP) is 3.36. The molecule has 106 valence electrons. The fourth-order valence-electron chi connectivity index (χ4n) is 2.40. The number of amides is 1. The molecule has 0 aromatic carbocycles. The van der Waals surface area contributed by atoms with Gasteiger partial charge in [-0.05, 0) is 53.4 Å². The third kappa shape index (κ3) is 4.29. The van der Waals surface area contributed by atoms with Crippen LogP contribution in [-0.2, 0) is 0 Å². The van der Waals surface area contributed by atoms with Crippen LogP contribution in [0.4, 0.5) is 0 Å². The molecule has 1 atom stereocenters. The molecule has 1 aliphatic rings. The van der Waals surface area contributed by atoms with Gasteiger partial charge in [0.25, 0.3) is 5.91 Å². The van der Waals surface area contributed by atoms with E-state index in [0.29, 0.717) is 12.0 Å². The number of hydrogen-bond donors (Lipinski definition) is 1. The number of carbonyl (C=O) groups excluding carboxylic acids is 1. The van der Waals surface area contributed by atoms with Crippen LogP contribution >= 0.6 is 27.3 Å². The molecule has 1 saturated heterocycles. The van der Waals surface area contributed by atoms with Gasteiger partial charge in [0.15, 0.2) is 0 Å². The smallest absolute Gasteiger partial charge is 0.263 e. The molecule has 1 N–H and O–H groups in total. The van der Waals surface area contributed by atoms with Crippen LogP contribution in [0.25, 0.3) is 0 Å². The van der Waals surface area contributed by atoms with Crippen molar-refractivity contribution in [2.24, 2.45) is 5.92 Å². The Labute approximate surface area is 127 Å². The summed E-state index contributed by atoms with van der Waals surface area (Å²) in [5.41, 5.74) is 0. The van der Waals surface area contributed by atoms with Crippen molar-refractivity contribution in [3.05, 3.63) is 20.8 Å². The minimum absolute atomic E-state index is 0.185. The van der Waals surface area contributed by atoms with Crippen LogP contribution in [0.5, 0.6) is 0 Å². The lowest BCUT2D eigenvalue weighted by Crippen LogP contribution is -2.43. The summed E-state index contributed by atoms with van der Waals surface area (Å²) in [6.07, 6.45) is 2.33. The Morgan fingerprint density at radius 3 is 3.00 bits per heavy atom. The molecule has 0 spiro atoms. The highest BCUT2D eigenvalue weighted by Crippen LogP contribution is 2.25. The van der Waals surface area contributed by atoms with Crippen molar-refractivity contribution in [3.63, 3.8) is 0 Å². The summed E-state index contributed by atoms with van der Waals surface area (Å²) in [5, 5.41) is 3.48. The largest absolute Gasteiger partial charge is 0.338 e. The quantitative estimate of drug-likeness (QED) is 0.908. The normalized spacial score (nSPS) is 20.0. The fourth-order valence-corrected chi connectivity index (χ4v) is 3.76. The maximum absolute atomic E-state index is 12.4. The first kappa shape index (κ1) is 15.0. The number of likely N-dealkylation sites (tertiary alicyclic amines) is 1. The highest BCUT2D eigenvalue weighted by Gasteiger charge is 2.25. The Bertz CT molecular complexity index is 433. The summed E-state index contributed by atoms with van der Waals surface area (Å²) in [6, 6.07) is 4.37. The van der Waals surface area contributed by atoms with E-state index in [9.17, 15) is 4.79 Å². The lowest BCUT2D eigenvalue weighted by Gasteiger charge is -2.33. The fraction of sp³-hybridized carbons (Fsp3) is 0.643. The van der Waals surface area contributed by atoms with Gasteiger partial charge in [0.1, 0.15) is 0 Å². The molecule has 1 aliphatic heterocycles. The number of hydrogen-bond acceptors (Lipinski definition) is 3. The molecule has 2 heterocycles. The Kier molecular flexibility index (Phi) is 5.42. The summed E-state index contributed by atoms with van der Waals surface area (Å²) in [4.78, 5) is 15.2. The molecule has 5 heteroatoms. The molecule has 1 unspecified atom stereocenters. The van der Waals surface area contributed by atoms with E-state index in [1.807, 2.05) is 17.0 Å². The van der Waals surface area contributed by atoms with Gasteiger partial charge in [0, 0.05) is 19.1 Å². The average Bonchev–Trinajstić information content (AvgIpc) is 2.82. The van der Waals surface area contributed by atoms with Crippen LogP contribution in [0.15, 0.2) is 15.9 Å². The first-order valence-electron chi connectivity index (χ1n) is 6.84. The minimum atomic E-state index is 0.185. The van der Waals surface area contributed by atoms with Crippen LogP contribution in [0, 0.1) is 5.92 Å². The van der Waals surface area contributed by atoms with Crippen LogP contribution in [0.2, 0.25) is 0 Å². The molecular weight excluding hydrogens is 324 g/mol. The Morgan fingerprint density at radius 1 is 1.58 bits per heavy atom. The van der Waals surface area contributed by atoms with E-state index in [1.54, 1.807) is 0 Å². The van der Waals surface area contributed by atoms with Crippen molar-refractivity contribution < 1.29 is 4.79 Å². The molecule has 3 nitrogen and oxygen atoms in total. The zero-order chi connectivity index (χ0) is 13.8. The maximum atomic E-state index is 12.4. The molecule has 2 rings (SSSR count). The number of rotatable bonds is 4. The first-order valence-corrected chi connectivity index (χ1v) is 8.45. The minimum Gasteiger partial charge on any atom is -0.338 e. The van der Waals surface area contributed by atoms with Crippen molar-refractivity contribution in [2.75, 3.05) is 19.6 Å². The Morgan fingerprint density at radius 2 is 2.37 bits per heavy atom. The van der Waals surface area contributed by atoms with Gasteiger partial charge in [0.05, 0.1) is 8.66 Å². The SMILES string of the molecule is CC(C)NCC1CCCN(C(=O)c2ccc(Br)s2)C1. The molecule has 1 amide bonds. The van der Waals surface area contributed by atoms with Gasteiger partial charge in [-0.1, -0.05) is 13.8 Å². The van der Waals surface area contributed by atoms with Crippen molar-refractivity contribution in [1.29, 1.82) is 0 Å². The van der Waals surface area contributed by atoms with Crippen molar-refractivity contribution in [3.8, 4) is 0 Å². The van der Waals surface area contributed by atoms with E-state index in [4.69, 9.17) is 0 Å². The van der Waals surface area contributed by atoms with Gasteiger partial charge < -0.3 is 10.2 Å². The van der Waals surface area contributed by atoms with Gasteiger partial charge in [0.2, 0.25) is 0 Å². The molecular formula is C14H21BrN2OS. The van der Waals surface area contributed by atoms with Crippen LogP contribution in [-0.4, -0.2) is 36.5 Å². The number of nitrogens with zero attached hydrogens (tertiary/aromatic N) is 1. The zero-order valence-electron chi connectivity index (χ0n) is 11.5. The molecule has 1 aromatic heterocycles. The summed E-state index contributed by atoms with van der Waals surface area (Å²) < 4.78 is 1.02. The summed E-state index contributed by atoms with van der Waals surface area (Å²) >= 11 is 4.93. The second kappa shape index (κ2) is 6.86. The van der Waals surface area contributed by atoms with E-state index in [1.165, 1.54) is 17.8 Å². The second-order valence-corrected chi connectivity index (χ2v) is 7.89. The number of nitrogens with one attached hydrogen (secondary N) is 1. The van der Waals surface area contributed by atoms with E-state index in [2.05, 4.69) is 35.1 Å². The number of halogens is 1. The van der Waals surface area contributed by atoms with Gasteiger partial charge in [-0.15, -0.1) is 11.3 Å². The van der Waals surface area contributed by atoms with Crippen LogP contribution in [0.1, 0.15) is 36.4 Å². The molecule has 0 radical (unpaired) electrons. The summed E-state index contributed by atoms with van der Waals surface area (Å²) in [6.45, 7) is 7.11. The van der Waals surface area contributed by atoms with Gasteiger partial charge >= 0.3 is 0 Å². The monoisotopic (exact) mass is 344 g/mol. The topological polar surface area (TPSA) is 32.3 Å². The standard InChI is InChI=1S/C14H21BrN2OS/c1-10(2)16-8-11-4-3-7-17(9-11)14(18)12-5-6-13(15)19-12/h5-6,10-11,16H,3-4,7-9H2,1-2H3. The highest BCUT2D eigenvalue weighted by atomic mass is 79.9. The van der Waals surface area contributed by atoms with Gasteiger partial charge in [-0.25, -0.2) is 0 Å². The average molecular weight is 345 g/mol. The molecule has 1 fully saturated rings. The van der Waals surface area contributed by atoms with E-state index in [0.717, 1.165) is 34.7 Å². The van der Waals surface area contributed by atoms with Gasteiger partial charge in [-0.3, -0.25) is 4.79 Å². The second-order valence-electron chi connectivity index (χ2n) is 5.43. The van der Waals surface area contributed by atoms with Crippen molar-refractivity contribution >= 4 is 33.2 Å². The third-order valence-electron chi connectivity index (χ3n) is 3.40. The van der Waals surface area contributed by atoms with Crippen molar-refractivity contribution in [2.45, 2.75) is 32.7 Å². The molecule has 0 aliphatic carbocycles. The van der Waals surface area contributed by atoms with Crippen LogP contribution < -0.4 is 5.32 Å². The lowest BCUT2D eigenvalue weighted by molar-refractivity contribution is 0.0677. The Hall–Kier alpha value is -0.390. The predicted molar refractivity (Wildman–Crippen MR) is 83.8 cm³/mol. The molecule has 0 bridgehead atoms. The summed E-state index contributed by atoms with van der Waals surface area (Å²) in [7, 11) is 0. The molecule has 0 saturated carbocycles. The zero-order valence-corrected chi connectivity index (χ0v) is 13.9. The number of piperidine rings is 1. The summed E-state index contributed by atoms with van der Waals surface area (Å²) in [5.74, 6) is 0.772. The number of thiophene rings is 1. The first-order chi connectivity index (χ1) is 9.06. The Balaban J connectivity index is 1.91. The van der Waals surface area contributed by atoms with Gasteiger partial charge in [-0.2, -0.15) is 0 Å². The van der Waals surface area contributed by atoms with E-state index >= 15 is 0 Å². The highest BCUT2D eigenvalue weighted by molar-refractivity contribution is 9.11. The molecule has 1 aromatic rings. The number of carbonyl (C=O) groups is 1. The maximum Gasteiger partial charge on any atom is 0.263 e. The van der Waals surface area contributed by atoms with Crippen LogP contribution in [0.3, 0.4) is 0 Å². The lowest BCUT2D eigenvalue weighted by atomic mass is 9.97.